The summed E-state index contributed by atoms with van der Waals surface area (Å²) in [4.78, 5) is 37.2. The number of benzene rings is 2. The number of nitrogens with one attached hydrogen (secondary N) is 2. The number of anilines is 1. The molecule has 1 aromatic heterocycles. The molecule has 8 heteroatoms. The van der Waals surface area contributed by atoms with E-state index < -0.39 is 18.0 Å². The molecule has 0 fully saturated rings. The lowest BCUT2D eigenvalue weighted by Crippen LogP contribution is -2.27. The van der Waals surface area contributed by atoms with Crippen LogP contribution in [-0.2, 0) is 14.3 Å². The van der Waals surface area contributed by atoms with Gasteiger partial charge in [0.05, 0.1) is 7.11 Å². The molecule has 2 aromatic carbocycles. The van der Waals surface area contributed by atoms with E-state index >= 15 is 0 Å². The van der Waals surface area contributed by atoms with Gasteiger partial charge in [0.15, 0.2) is 0 Å². The van der Waals surface area contributed by atoms with Crippen LogP contribution in [0.25, 0.3) is 0 Å². The third-order valence-electron chi connectivity index (χ3n) is 4.57. The van der Waals surface area contributed by atoms with Crippen LogP contribution in [0.1, 0.15) is 34.9 Å². The predicted molar refractivity (Wildman–Crippen MR) is 123 cm³/mol. The third-order valence-corrected chi connectivity index (χ3v) is 5.26. The first-order valence-corrected chi connectivity index (χ1v) is 11.0. The normalized spacial score (nSPS) is 11.3. The van der Waals surface area contributed by atoms with Crippen LogP contribution in [0.2, 0.25) is 0 Å². The van der Waals surface area contributed by atoms with Crippen molar-refractivity contribution >= 4 is 34.8 Å². The molecule has 166 valence electrons. The minimum Gasteiger partial charge on any atom is -0.497 e. The Bertz CT molecular complexity index is 1020. The average Bonchev–Trinajstić information content (AvgIpc) is 3.36. The Morgan fingerprint density at radius 3 is 2.41 bits per heavy atom. The van der Waals surface area contributed by atoms with Crippen molar-refractivity contribution in [3.8, 4) is 5.75 Å². The maximum Gasteiger partial charge on any atom is 0.306 e. The Morgan fingerprint density at radius 1 is 1.00 bits per heavy atom. The van der Waals surface area contributed by atoms with Crippen molar-refractivity contribution in [3.05, 3.63) is 82.6 Å². The fourth-order valence-electron chi connectivity index (χ4n) is 2.90. The fraction of sp³-hybridized carbons (Fsp3) is 0.208. The van der Waals surface area contributed by atoms with E-state index in [9.17, 15) is 14.4 Å². The highest BCUT2D eigenvalue weighted by molar-refractivity contribution is 7.08. The molecular formula is C24H24N2O5S. The first-order valence-electron chi connectivity index (χ1n) is 10.1. The van der Waals surface area contributed by atoms with E-state index in [4.69, 9.17) is 9.47 Å². The molecule has 0 radical (unpaired) electrons. The molecule has 0 aliphatic heterocycles. The first-order chi connectivity index (χ1) is 15.6. The number of rotatable bonds is 10. The van der Waals surface area contributed by atoms with Crippen molar-refractivity contribution in [2.45, 2.75) is 18.9 Å². The Morgan fingerprint density at radius 2 is 1.75 bits per heavy atom. The van der Waals surface area contributed by atoms with Gasteiger partial charge in [-0.2, -0.15) is 11.3 Å². The molecule has 3 aromatic rings. The third kappa shape index (κ3) is 6.68. The number of methoxy groups -OCH3 is 1. The van der Waals surface area contributed by atoms with Gasteiger partial charge in [-0.1, -0.05) is 30.3 Å². The summed E-state index contributed by atoms with van der Waals surface area (Å²) in [5, 5.41) is 9.11. The Balaban J connectivity index is 1.55. The minimum atomic E-state index is -1.09. The molecule has 0 aliphatic carbocycles. The second kappa shape index (κ2) is 11.7. The molecule has 3 rings (SSSR count). The smallest absolute Gasteiger partial charge is 0.306 e. The molecule has 0 saturated heterocycles. The van der Waals surface area contributed by atoms with Crippen LogP contribution in [0, 0.1) is 0 Å². The largest absolute Gasteiger partial charge is 0.497 e. The number of hydrogen-bond donors (Lipinski definition) is 2. The number of esters is 1. The molecule has 0 saturated carbocycles. The first kappa shape index (κ1) is 23.0. The van der Waals surface area contributed by atoms with E-state index in [2.05, 4.69) is 10.6 Å². The molecule has 1 atom stereocenters. The summed E-state index contributed by atoms with van der Waals surface area (Å²) >= 11 is 1.44. The summed E-state index contributed by atoms with van der Waals surface area (Å²) in [5.74, 6) is -0.491. The molecule has 32 heavy (non-hydrogen) atoms. The molecule has 1 heterocycles. The van der Waals surface area contributed by atoms with Gasteiger partial charge in [0.1, 0.15) is 5.75 Å². The van der Waals surface area contributed by atoms with Crippen molar-refractivity contribution in [2.75, 3.05) is 19.0 Å². The van der Waals surface area contributed by atoms with Crippen molar-refractivity contribution in [1.29, 1.82) is 0 Å². The standard InChI is InChI=1S/C24H24N2O5S/c1-30-20-11-9-19(10-12-20)26-24(29)22(17-6-3-2-4-7-17)31-21(27)8-5-14-25-23(28)18-13-15-32-16-18/h2-4,6-7,9-13,15-16,22H,5,8,14H2,1H3,(H,25,28)(H,26,29). The zero-order valence-corrected chi connectivity index (χ0v) is 18.4. The van der Waals surface area contributed by atoms with Crippen molar-refractivity contribution in [2.24, 2.45) is 0 Å². The summed E-state index contributed by atoms with van der Waals surface area (Å²) in [5.41, 5.74) is 1.72. The summed E-state index contributed by atoms with van der Waals surface area (Å²) < 4.78 is 10.6. The highest BCUT2D eigenvalue weighted by Crippen LogP contribution is 2.22. The maximum absolute atomic E-state index is 12.9. The highest BCUT2D eigenvalue weighted by atomic mass is 32.1. The Kier molecular flexibility index (Phi) is 8.39. The van der Waals surface area contributed by atoms with Gasteiger partial charge in [-0.3, -0.25) is 14.4 Å². The number of carbonyl (C=O) groups is 3. The van der Waals surface area contributed by atoms with E-state index in [1.165, 1.54) is 11.3 Å². The van der Waals surface area contributed by atoms with Crippen LogP contribution in [0.3, 0.4) is 0 Å². The van der Waals surface area contributed by atoms with E-state index in [0.717, 1.165) is 0 Å². The van der Waals surface area contributed by atoms with Gasteiger partial charge in [0.2, 0.25) is 6.10 Å². The summed E-state index contributed by atoms with van der Waals surface area (Å²) in [7, 11) is 1.56. The molecule has 0 bridgehead atoms. The van der Waals surface area contributed by atoms with Gasteiger partial charge in [0, 0.05) is 35.2 Å². The van der Waals surface area contributed by atoms with Crippen LogP contribution >= 0.6 is 11.3 Å². The van der Waals surface area contributed by atoms with Crippen LogP contribution in [0.15, 0.2) is 71.4 Å². The van der Waals surface area contributed by atoms with Gasteiger partial charge in [-0.25, -0.2) is 0 Å². The maximum atomic E-state index is 12.9. The predicted octanol–water partition coefficient (Wildman–Crippen LogP) is 4.19. The number of amides is 2. The van der Waals surface area contributed by atoms with E-state index in [0.29, 0.717) is 35.5 Å². The fourth-order valence-corrected chi connectivity index (χ4v) is 3.54. The molecule has 0 spiro atoms. The zero-order chi connectivity index (χ0) is 22.8. The lowest BCUT2D eigenvalue weighted by molar-refractivity contribution is -0.154. The topological polar surface area (TPSA) is 93.7 Å². The zero-order valence-electron chi connectivity index (χ0n) is 17.6. The van der Waals surface area contributed by atoms with E-state index in [1.54, 1.807) is 67.1 Å². The van der Waals surface area contributed by atoms with Crippen molar-refractivity contribution < 1.29 is 23.9 Å². The number of ether oxygens (including phenoxy) is 2. The average molecular weight is 453 g/mol. The molecule has 2 N–H and O–H groups in total. The van der Waals surface area contributed by atoms with Gasteiger partial charge in [-0.05, 0) is 42.1 Å². The van der Waals surface area contributed by atoms with Crippen molar-refractivity contribution in [3.63, 3.8) is 0 Å². The second-order valence-corrected chi connectivity index (χ2v) is 7.65. The SMILES string of the molecule is COc1ccc(NC(=O)C(OC(=O)CCCNC(=O)c2ccsc2)c2ccccc2)cc1. The molecule has 1 unspecified atom stereocenters. The molecule has 7 nitrogen and oxygen atoms in total. The highest BCUT2D eigenvalue weighted by Gasteiger charge is 2.25. The Labute approximate surface area is 190 Å². The van der Waals surface area contributed by atoms with Gasteiger partial charge in [0.25, 0.3) is 11.8 Å². The molecule has 0 aliphatic rings. The van der Waals surface area contributed by atoms with E-state index in [-0.39, 0.29) is 12.3 Å². The molecule has 2 amide bonds. The van der Waals surface area contributed by atoms with Crippen LogP contribution in [-0.4, -0.2) is 31.4 Å². The van der Waals surface area contributed by atoms with Gasteiger partial charge >= 0.3 is 5.97 Å². The van der Waals surface area contributed by atoms with Gasteiger partial charge in [-0.15, -0.1) is 0 Å². The summed E-state index contributed by atoms with van der Waals surface area (Å²) in [6, 6.07) is 17.4. The summed E-state index contributed by atoms with van der Waals surface area (Å²) in [6.45, 7) is 0.331. The summed E-state index contributed by atoms with van der Waals surface area (Å²) in [6.07, 6.45) is -0.620. The van der Waals surface area contributed by atoms with Crippen LogP contribution in [0.5, 0.6) is 5.75 Å². The van der Waals surface area contributed by atoms with Crippen molar-refractivity contribution in [1.82, 2.24) is 5.32 Å². The van der Waals surface area contributed by atoms with E-state index in [1.807, 2.05) is 11.4 Å². The molecular weight excluding hydrogens is 428 g/mol. The monoisotopic (exact) mass is 452 g/mol. The quantitative estimate of drug-likeness (QED) is 0.355. The van der Waals surface area contributed by atoms with Crippen LogP contribution in [0.4, 0.5) is 5.69 Å². The lowest BCUT2D eigenvalue weighted by atomic mass is 10.1. The number of thiophene rings is 1. The van der Waals surface area contributed by atoms with Crippen LogP contribution < -0.4 is 15.4 Å². The number of carbonyl (C=O) groups excluding carboxylic acids is 3. The Hall–Kier alpha value is -3.65. The van der Waals surface area contributed by atoms with Gasteiger partial charge < -0.3 is 20.1 Å². The minimum absolute atomic E-state index is 0.0725. The number of hydrogen-bond acceptors (Lipinski definition) is 6. The second-order valence-electron chi connectivity index (χ2n) is 6.87. The lowest BCUT2D eigenvalue weighted by Gasteiger charge is -2.18.